The van der Waals surface area contributed by atoms with Gasteiger partial charge in [0.2, 0.25) is 0 Å². The number of hydrogen-bond acceptors (Lipinski definition) is 4. The zero-order valence-electron chi connectivity index (χ0n) is 8.71. The molecule has 0 aliphatic carbocycles. The van der Waals surface area contributed by atoms with Gasteiger partial charge >= 0.3 is 0 Å². The fourth-order valence-corrected chi connectivity index (χ4v) is 1.14. The van der Waals surface area contributed by atoms with Gasteiger partial charge in [0.25, 0.3) is 5.91 Å². The Balaban J connectivity index is 2.87. The lowest BCUT2D eigenvalue weighted by molar-refractivity contribution is 0.0730. The second-order valence-corrected chi connectivity index (χ2v) is 3.31. The highest BCUT2D eigenvalue weighted by atomic mass is 16.2. The number of rotatable bonds is 3. The lowest BCUT2D eigenvalue weighted by atomic mass is 10.2. The number of carbonyl (C=O) groups excluding carboxylic acids is 1. The summed E-state index contributed by atoms with van der Waals surface area (Å²) in [5.74, 6) is -0.216. The number of nitrogens with zero attached hydrogens (tertiary/aromatic N) is 4. The van der Waals surface area contributed by atoms with Crippen LogP contribution in [0.2, 0.25) is 0 Å². The van der Waals surface area contributed by atoms with E-state index in [1.807, 2.05) is 19.9 Å². The topological polar surface area (TPSA) is 69.9 Å². The molecule has 0 saturated carbocycles. The molecule has 0 radical (unpaired) electrons. The molecule has 0 N–H and O–H groups in total. The first-order valence-corrected chi connectivity index (χ1v) is 4.59. The first-order valence-electron chi connectivity index (χ1n) is 4.59. The van der Waals surface area contributed by atoms with Crippen LogP contribution in [-0.2, 0) is 0 Å². The van der Waals surface area contributed by atoms with Crippen LogP contribution in [0.1, 0.15) is 24.2 Å². The highest BCUT2D eigenvalue weighted by Crippen LogP contribution is 2.05. The summed E-state index contributed by atoms with van der Waals surface area (Å²) >= 11 is 0. The van der Waals surface area contributed by atoms with Crippen LogP contribution in [-0.4, -0.2) is 33.4 Å². The van der Waals surface area contributed by atoms with Crippen molar-refractivity contribution in [1.82, 2.24) is 14.9 Å². The highest BCUT2D eigenvalue weighted by molar-refractivity contribution is 5.93. The van der Waals surface area contributed by atoms with Gasteiger partial charge in [-0.2, -0.15) is 5.26 Å². The maximum atomic E-state index is 11.9. The summed E-state index contributed by atoms with van der Waals surface area (Å²) in [6.07, 6.45) is 4.25. The molecule has 1 heterocycles. The number of aromatic nitrogens is 2. The molecule has 0 aliphatic rings. The summed E-state index contributed by atoms with van der Waals surface area (Å²) in [6, 6.07) is 1.95. The molecule has 0 unspecified atom stereocenters. The molecule has 1 amide bonds. The van der Waals surface area contributed by atoms with Crippen molar-refractivity contribution in [2.75, 3.05) is 6.54 Å². The van der Waals surface area contributed by atoms with Crippen LogP contribution >= 0.6 is 0 Å². The van der Waals surface area contributed by atoms with Crippen molar-refractivity contribution in [3.05, 3.63) is 24.3 Å². The SMILES string of the molecule is CC(C)N(CC#N)C(=O)c1cncnc1. The van der Waals surface area contributed by atoms with Crippen molar-refractivity contribution in [1.29, 1.82) is 5.26 Å². The Morgan fingerprint density at radius 1 is 1.53 bits per heavy atom. The third kappa shape index (κ3) is 2.74. The van der Waals surface area contributed by atoms with Crippen molar-refractivity contribution in [3.8, 4) is 6.07 Å². The molecule has 5 nitrogen and oxygen atoms in total. The molecule has 78 valence electrons. The number of amides is 1. The van der Waals surface area contributed by atoms with E-state index in [4.69, 9.17) is 5.26 Å². The van der Waals surface area contributed by atoms with Gasteiger partial charge in [-0.3, -0.25) is 4.79 Å². The predicted molar refractivity (Wildman–Crippen MR) is 53.8 cm³/mol. The monoisotopic (exact) mass is 204 g/mol. The van der Waals surface area contributed by atoms with E-state index in [0.29, 0.717) is 5.56 Å². The summed E-state index contributed by atoms with van der Waals surface area (Å²) in [7, 11) is 0. The smallest absolute Gasteiger partial charge is 0.258 e. The van der Waals surface area contributed by atoms with Crippen molar-refractivity contribution >= 4 is 5.91 Å². The highest BCUT2D eigenvalue weighted by Gasteiger charge is 2.18. The second kappa shape index (κ2) is 5.05. The van der Waals surface area contributed by atoms with Crippen LogP contribution < -0.4 is 0 Å². The third-order valence-corrected chi connectivity index (χ3v) is 1.93. The Kier molecular flexibility index (Phi) is 3.75. The maximum Gasteiger partial charge on any atom is 0.258 e. The summed E-state index contributed by atoms with van der Waals surface area (Å²) in [5, 5.41) is 8.61. The van der Waals surface area contributed by atoms with Crippen molar-refractivity contribution in [2.45, 2.75) is 19.9 Å². The quantitative estimate of drug-likeness (QED) is 0.684. The Hall–Kier alpha value is -1.96. The molecule has 15 heavy (non-hydrogen) atoms. The summed E-state index contributed by atoms with van der Waals surface area (Å²) < 4.78 is 0. The van der Waals surface area contributed by atoms with E-state index in [1.165, 1.54) is 23.6 Å². The van der Waals surface area contributed by atoms with Crippen LogP contribution in [0.15, 0.2) is 18.7 Å². The van der Waals surface area contributed by atoms with E-state index in [2.05, 4.69) is 9.97 Å². The molecule has 1 rings (SSSR count). The Labute approximate surface area is 88.4 Å². The summed E-state index contributed by atoms with van der Waals surface area (Å²) in [6.45, 7) is 3.80. The van der Waals surface area contributed by atoms with Crippen LogP contribution in [0.3, 0.4) is 0 Å². The summed E-state index contributed by atoms with van der Waals surface area (Å²) in [5.41, 5.74) is 0.404. The van der Waals surface area contributed by atoms with Gasteiger partial charge in [0, 0.05) is 18.4 Å². The predicted octanol–water partition coefficient (Wildman–Crippen LogP) is 0.851. The molecule has 5 heteroatoms. The standard InChI is InChI=1S/C10H12N4O/c1-8(2)14(4-3-11)10(15)9-5-12-7-13-6-9/h5-8H,4H2,1-2H3. The Morgan fingerprint density at radius 2 is 2.13 bits per heavy atom. The molecule has 1 aromatic rings. The molecule has 1 aromatic heterocycles. The minimum atomic E-state index is -0.216. The lowest BCUT2D eigenvalue weighted by Crippen LogP contribution is -2.37. The first kappa shape index (κ1) is 11.1. The maximum absolute atomic E-state index is 11.9. The van der Waals surface area contributed by atoms with E-state index < -0.39 is 0 Å². The van der Waals surface area contributed by atoms with Crippen LogP contribution in [0.5, 0.6) is 0 Å². The van der Waals surface area contributed by atoms with Gasteiger partial charge in [0.05, 0.1) is 11.6 Å². The minimum absolute atomic E-state index is 0.0163. The van der Waals surface area contributed by atoms with Gasteiger partial charge in [-0.25, -0.2) is 9.97 Å². The molecule has 0 aromatic carbocycles. The van der Waals surface area contributed by atoms with Crippen LogP contribution in [0.4, 0.5) is 0 Å². The fourth-order valence-electron chi connectivity index (χ4n) is 1.14. The lowest BCUT2D eigenvalue weighted by Gasteiger charge is -2.23. The van der Waals surface area contributed by atoms with Crippen LogP contribution in [0.25, 0.3) is 0 Å². The zero-order chi connectivity index (χ0) is 11.3. The zero-order valence-corrected chi connectivity index (χ0v) is 8.71. The van der Waals surface area contributed by atoms with Gasteiger partial charge in [-0.05, 0) is 13.8 Å². The van der Waals surface area contributed by atoms with Gasteiger partial charge in [0.15, 0.2) is 0 Å². The molecular weight excluding hydrogens is 192 g/mol. The van der Waals surface area contributed by atoms with Gasteiger partial charge < -0.3 is 4.90 Å². The van der Waals surface area contributed by atoms with Crippen molar-refractivity contribution in [2.24, 2.45) is 0 Å². The average molecular weight is 204 g/mol. The number of carbonyl (C=O) groups is 1. The third-order valence-electron chi connectivity index (χ3n) is 1.93. The number of nitriles is 1. The van der Waals surface area contributed by atoms with E-state index in [1.54, 1.807) is 0 Å². The fraction of sp³-hybridized carbons (Fsp3) is 0.400. The second-order valence-electron chi connectivity index (χ2n) is 3.31. The van der Waals surface area contributed by atoms with Gasteiger partial charge in [-0.1, -0.05) is 0 Å². The molecular formula is C10H12N4O. The molecule has 0 spiro atoms. The normalized spacial score (nSPS) is 9.73. The van der Waals surface area contributed by atoms with E-state index in [-0.39, 0.29) is 18.5 Å². The van der Waals surface area contributed by atoms with Crippen molar-refractivity contribution in [3.63, 3.8) is 0 Å². The Morgan fingerprint density at radius 3 is 2.60 bits per heavy atom. The van der Waals surface area contributed by atoms with E-state index in [9.17, 15) is 4.79 Å². The van der Waals surface area contributed by atoms with E-state index >= 15 is 0 Å². The van der Waals surface area contributed by atoms with E-state index in [0.717, 1.165) is 0 Å². The van der Waals surface area contributed by atoms with Gasteiger partial charge in [0.1, 0.15) is 12.9 Å². The first-order chi connectivity index (χ1) is 7.16. The molecule has 0 fully saturated rings. The largest absolute Gasteiger partial charge is 0.323 e. The molecule has 0 aliphatic heterocycles. The Bertz CT molecular complexity index is 369. The minimum Gasteiger partial charge on any atom is -0.323 e. The average Bonchev–Trinajstić information content (AvgIpc) is 2.26. The van der Waals surface area contributed by atoms with Crippen molar-refractivity contribution < 1.29 is 4.79 Å². The summed E-state index contributed by atoms with van der Waals surface area (Å²) in [4.78, 5) is 20.9. The van der Waals surface area contributed by atoms with Gasteiger partial charge in [-0.15, -0.1) is 0 Å². The van der Waals surface area contributed by atoms with Crippen LogP contribution in [0, 0.1) is 11.3 Å². The molecule has 0 saturated heterocycles. The molecule has 0 atom stereocenters. The number of hydrogen-bond donors (Lipinski definition) is 0. The molecule has 0 bridgehead atoms.